The summed E-state index contributed by atoms with van der Waals surface area (Å²) in [7, 11) is 0. The van der Waals surface area contributed by atoms with Gasteiger partial charge in [0, 0.05) is 37.3 Å². The van der Waals surface area contributed by atoms with E-state index in [1.54, 1.807) is 4.90 Å². The number of carbonyl (C=O) groups excluding carboxylic acids is 2. The van der Waals surface area contributed by atoms with Gasteiger partial charge in [-0.15, -0.1) is 22.0 Å². The first-order chi connectivity index (χ1) is 15.1. The highest BCUT2D eigenvalue weighted by atomic mass is 32.2. The first kappa shape index (κ1) is 21.8. The molecule has 2 aliphatic rings. The fourth-order valence-electron chi connectivity index (χ4n) is 3.92. The molecular formula is C22H29N5O3S. The first-order valence-corrected chi connectivity index (χ1v) is 12.0. The van der Waals surface area contributed by atoms with Crippen molar-refractivity contribution >= 4 is 29.3 Å². The maximum Gasteiger partial charge on any atom is 0.234 e. The maximum atomic E-state index is 12.5. The second kappa shape index (κ2) is 10.3. The summed E-state index contributed by atoms with van der Waals surface area (Å²) in [6.45, 7) is 5.33. The lowest BCUT2D eigenvalue weighted by Crippen LogP contribution is -2.41. The Morgan fingerprint density at radius 2 is 1.94 bits per heavy atom. The highest BCUT2D eigenvalue weighted by Crippen LogP contribution is 2.27. The van der Waals surface area contributed by atoms with Gasteiger partial charge in [0.15, 0.2) is 5.82 Å². The molecule has 31 heavy (non-hydrogen) atoms. The largest absolute Gasteiger partial charge is 0.378 e. The smallest absolute Gasteiger partial charge is 0.234 e. The van der Waals surface area contributed by atoms with Crippen LogP contribution < -0.4 is 5.32 Å². The number of rotatable bonds is 6. The van der Waals surface area contributed by atoms with Gasteiger partial charge in [-0.1, -0.05) is 18.6 Å². The summed E-state index contributed by atoms with van der Waals surface area (Å²) in [6, 6.07) is 6.00. The van der Waals surface area contributed by atoms with Gasteiger partial charge in [-0.05, 0) is 31.4 Å². The van der Waals surface area contributed by atoms with Gasteiger partial charge in [0.2, 0.25) is 11.8 Å². The van der Waals surface area contributed by atoms with Gasteiger partial charge in [0.05, 0.1) is 24.7 Å². The topological polar surface area (TPSA) is 89.3 Å². The molecule has 9 heteroatoms. The van der Waals surface area contributed by atoms with Gasteiger partial charge < -0.3 is 19.5 Å². The predicted molar refractivity (Wildman–Crippen MR) is 121 cm³/mol. The summed E-state index contributed by atoms with van der Waals surface area (Å²) in [5.41, 5.74) is 2.72. The molecule has 8 nitrogen and oxygen atoms in total. The molecular weight excluding hydrogens is 414 g/mol. The Morgan fingerprint density at radius 1 is 1.10 bits per heavy atom. The lowest BCUT2D eigenvalue weighted by Gasteiger charge is -2.26. The van der Waals surface area contributed by atoms with Gasteiger partial charge in [-0.2, -0.15) is 0 Å². The zero-order valence-electron chi connectivity index (χ0n) is 17.9. The monoisotopic (exact) mass is 443 g/mol. The van der Waals surface area contributed by atoms with Gasteiger partial charge in [-0.25, -0.2) is 0 Å². The van der Waals surface area contributed by atoms with Crippen LogP contribution in [0.3, 0.4) is 0 Å². The molecule has 2 aromatic rings. The van der Waals surface area contributed by atoms with E-state index in [0.717, 1.165) is 54.3 Å². The molecule has 1 aromatic heterocycles. The first-order valence-electron chi connectivity index (χ1n) is 10.9. The number of hydrogen-bond acceptors (Lipinski definition) is 6. The molecule has 0 radical (unpaired) electrons. The van der Waals surface area contributed by atoms with E-state index in [1.807, 2.05) is 25.1 Å². The van der Waals surface area contributed by atoms with Crippen LogP contribution in [0, 0.1) is 6.92 Å². The summed E-state index contributed by atoms with van der Waals surface area (Å²) < 4.78 is 7.47. The van der Waals surface area contributed by atoms with Crippen LogP contribution in [0.15, 0.2) is 18.2 Å². The molecule has 1 fully saturated rings. The summed E-state index contributed by atoms with van der Waals surface area (Å²) in [6.07, 6.45) is 4.46. The molecule has 1 N–H and O–H groups in total. The number of morpholine rings is 1. The number of carbonyl (C=O) groups is 2. The van der Waals surface area contributed by atoms with Crippen molar-refractivity contribution in [2.75, 3.05) is 43.1 Å². The third kappa shape index (κ3) is 5.46. The van der Waals surface area contributed by atoms with Crippen LogP contribution in [-0.2, 0) is 27.3 Å². The molecule has 1 saturated heterocycles. The Hall–Kier alpha value is -2.39. The van der Waals surface area contributed by atoms with E-state index < -0.39 is 0 Å². The van der Waals surface area contributed by atoms with Crippen molar-refractivity contribution < 1.29 is 14.3 Å². The number of ether oxygens (including phenoxy) is 1. The van der Waals surface area contributed by atoms with E-state index in [2.05, 4.69) is 20.1 Å². The third-order valence-corrected chi connectivity index (χ3v) is 6.62. The number of fused-ring (bicyclic) bond motifs is 1. The van der Waals surface area contributed by atoms with Gasteiger partial charge in [-0.3, -0.25) is 9.59 Å². The fourth-order valence-corrected chi connectivity index (χ4v) is 4.63. The molecule has 0 aliphatic carbocycles. The summed E-state index contributed by atoms with van der Waals surface area (Å²) in [5, 5.41) is 11.8. The quantitative estimate of drug-likeness (QED) is 0.738. The number of aryl methyl sites for hydroxylation is 2. The van der Waals surface area contributed by atoms with Crippen LogP contribution in [0.4, 0.5) is 5.69 Å². The highest BCUT2D eigenvalue weighted by Gasteiger charge is 2.18. The molecule has 2 amide bonds. The molecule has 166 valence electrons. The predicted octanol–water partition coefficient (Wildman–Crippen LogP) is 2.51. The van der Waals surface area contributed by atoms with Crippen LogP contribution in [0.2, 0.25) is 0 Å². The van der Waals surface area contributed by atoms with Crippen LogP contribution in [0.25, 0.3) is 11.4 Å². The minimum atomic E-state index is -0.111. The second-order valence-electron chi connectivity index (χ2n) is 7.97. The number of thioether (sulfide) groups is 1. The van der Waals surface area contributed by atoms with Gasteiger partial charge in [0.25, 0.3) is 0 Å². The standard InChI is InChI=1S/C22H29N5O3S/c1-16-6-7-17(22-25-24-19-5-3-2-4-8-27(19)22)13-18(16)23-20(28)14-31-15-21(29)26-9-11-30-12-10-26/h6-7,13H,2-5,8-12,14-15H2,1H3,(H,23,28). The number of aromatic nitrogens is 3. The minimum Gasteiger partial charge on any atom is -0.378 e. The van der Waals surface area contributed by atoms with Crippen molar-refractivity contribution in [2.45, 2.75) is 39.2 Å². The minimum absolute atomic E-state index is 0.0618. The molecule has 1 aromatic carbocycles. The summed E-state index contributed by atoms with van der Waals surface area (Å²) >= 11 is 1.34. The van der Waals surface area contributed by atoms with E-state index in [0.29, 0.717) is 32.1 Å². The Labute approximate surface area is 186 Å². The van der Waals surface area contributed by atoms with Crippen LogP contribution in [-0.4, -0.2) is 69.3 Å². The van der Waals surface area contributed by atoms with E-state index in [1.165, 1.54) is 18.2 Å². The lowest BCUT2D eigenvalue weighted by molar-refractivity contribution is -0.132. The molecule has 0 atom stereocenters. The number of nitrogens with one attached hydrogen (secondary N) is 1. The van der Waals surface area contributed by atoms with E-state index in [9.17, 15) is 9.59 Å². The van der Waals surface area contributed by atoms with Crippen molar-refractivity contribution in [3.63, 3.8) is 0 Å². The van der Waals surface area contributed by atoms with Gasteiger partial charge in [0.1, 0.15) is 5.82 Å². The zero-order chi connectivity index (χ0) is 21.6. The summed E-state index contributed by atoms with van der Waals surface area (Å²) in [5.74, 6) is 2.39. The Kier molecular flexibility index (Phi) is 7.24. The van der Waals surface area contributed by atoms with Crippen LogP contribution in [0.5, 0.6) is 0 Å². The molecule has 4 rings (SSSR count). The number of amides is 2. The normalized spacial score (nSPS) is 16.5. The van der Waals surface area contributed by atoms with Crippen molar-refractivity contribution in [1.29, 1.82) is 0 Å². The number of benzene rings is 1. The van der Waals surface area contributed by atoms with Crippen LogP contribution in [0.1, 0.15) is 30.7 Å². The number of hydrogen-bond donors (Lipinski definition) is 1. The van der Waals surface area contributed by atoms with E-state index >= 15 is 0 Å². The SMILES string of the molecule is Cc1ccc(-c2nnc3n2CCCCC3)cc1NC(=O)CSCC(=O)N1CCOCC1. The Bertz CT molecular complexity index is 939. The molecule has 2 aliphatic heterocycles. The van der Waals surface area contributed by atoms with Crippen molar-refractivity contribution in [3.05, 3.63) is 29.6 Å². The molecule has 0 bridgehead atoms. The average Bonchev–Trinajstić information content (AvgIpc) is 3.03. The molecule has 0 saturated carbocycles. The Balaban J connectivity index is 1.36. The third-order valence-electron chi connectivity index (χ3n) is 5.70. The second-order valence-corrected chi connectivity index (χ2v) is 8.95. The fraction of sp³-hybridized carbons (Fsp3) is 0.545. The lowest BCUT2D eigenvalue weighted by atomic mass is 10.1. The van der Waals surface area contributed by atoms with Gasteiger partial charge >= 0.3 is 0 Å². The Morgan fingerprint density at radius 3 is 2.77 bits per heavy atom. The average molecular weight is 444 g/mol. The van der Waals surface area contributed by atoms with E-state index in [-0.39, 0.29) is 17.6 Å². The molecule has 3 heterocycles. The van der Waals surface area contributed by atoms with Crippen molar-refractivity contribution in [2.24, 2.45) is 0 Å². The maximum absolute atomic E-state index is 12.5. The van der Waals surface area contributed by atoms with Crippen molar-refractivity contribution in [3.8, 4) is 11.4 Å². The number of nitrogens with zero attached hydrogens (tertiary/aromatic N) is 4. The van der Waals surface area contributed by atoms with Crippen LogP contribution >= 0.6 is 11.8 Å². The van der Waals surface area contributed by atoms with E-state index in [4.69, 9.17) is 4.74 Å². The molecule has 0 unspecified atom stereocenters. The van der Waals surface area contributed by atoms with Crippen molar-refractivity contribution in [1.82, 2.24) is 19.7 Å². The molecule has 0 spiro atoms. The summed E-state index contributed by atoms with van der Waals surface area (Å²) in [4.78, 5) is 26.5. The highest BCUT2D eigenvalue weighted by molar-refractivity contribution is 8.00. The number of anilines is 1. The zero-order valence-corrected chi connectivity index (χ0v) is 18.7.